The predicted octanol–water partition coefficient (Wildman–Crippen LogP) is 3.88. The minimum Gasteiger partial charge on any atom is -0.460 e. The summed E-state index contributed by atoms with van der Waals surface area (Å²) in [6.45, 7) is 1.91. The molecule has 1 aliphatic heterocycles. The molecule has 0 saturated carbocycles. The number of hydrogen-bond donors (Lipinski definition) is 2. The second-order valence-electron chi connectivity index (χ2n) is 7.65. The zero-order valence-electron chi connectivity index (χ0n) is 18.8. The second-order valence-corrected chi connectivity index (χ2v) is 7.65. The molecule has 0 radical (unpaired) electrons. The highest BCUT2D eigenvalue weighted by Crippen LogP contribution is 2.39. The molecule has 174 valence electrons. The Labute approximate surface area is 196 Å². The van der Waals surface area contributed by atoms with Gasteiger partial charge in [-0.25, -0.2) is 14.4 Å². The molecule has 4 rings (SSSR count). The lowest BCUT2D eigenvalue weighted by Crippen LogP contribution is -2.45. The van der Waals surface area contributed by atoms with Gasteiger partial charge in [0.25, 0.3) is 0 Å². The van der Waals surface area contributed by atoms with E-state index in [0.717, 1.165) is 10.8 Å². The summed E-state index contributed by atoms with van der Waals surface area (Å²) in [5, 5.41) is 7.00. The smallest absolute Gasteiger partial charge is 0.343 e. The molecule has 1 heterocycles. The number of esters is 2. The summed E-state index contributed by atoms with van der Waals surface area (Å²) in [6.07, 6.45) is 0. The van der Waals surface area contributed by atoms with Crippen molar-refractivity contribution < 1.29 is 28.6 Å². The predicted molar refractivity (Wildman–Crippen MR) is 125 cm³/mol. The number of amides is 2. The van der Waals surface area contributed by atoms with Gasteiger partial charge in [0.15, 0.2) is 0 Å². The number of hydrogen-bond acceptors (Lipinski definition) is 6. The van der Waals surface area contributed by atoms with Gasteiger partial charge in [-0.15, -0.1) is 0 Å². The van der Waals surface area contributed by atoms with Crippen LogP contribution >= 0.6 is 0 Å². The first-order valence-electron chi connectivity index (χ1n) is 10.7. The summed E-state index contributed by atoms with van der Waals surface area (Å²) >= 11 is 0. The molecule has 3 aromatic carbocycles. The number of rotatable bonds is 7. The standard InChI is InChI=1S/C26H24N2O6/c1-16-21(25(30)33-15-14-32-2)23(28-26(31)27-16)22-19-11-7-6-8-17(19)12-13-20(22)34-24(29)18-9-4-3-5-10-18/h3-13,23H,14-15H2,1-2H3,(H2,27,28,31). The molecule has 0 fully saturated rings. The number of methoxy groups -OCH3 is 1. The molecule has 1 unspecified atom stereocenters. The monoisotopic (exact) mass is 460 g/mol. The van der Waals surface area contributed by atoms with Crippen LogP contribution in [0.5, 0.6) is 5.75 Å². The first kappa shape index (κ1) is 23.0. The molecule has 2 N–H and O–H groups in total. The molecule has 1 aliphatic rings. The Morgan fingerprint density at radius 1 is 0.912 bits per heavy atom. The molecule has 0 bridgehead atoms. The molecule has 34 heavy (non-hydrogen) atoms. The SMILES string of the molecule is COCCOC(=O)C1=C(C)NC(=O)NC1c1c(OC(=O)c2ccccc2)ccc2ccccc12. The molecule has 8 nitrogen and oxygen atoms in total. The van der Waals surface area contributed by atoms with Crippen LogP contribution in [-0.4, -0.2) is 38.3 Å². The van der Waals surface area contributed by atoms with Crippen LogP contribution in [-0.2, 0) is 14.3 Å². The number of allylic oxidation sites excluding steroid dienone is 1. The summed E-state index contributed by atoms with van der Waals surface area (Å²) in [4.78, 5) is 38.3. The van der Waals surface area contributed by atoms with E-state index in [4.69, 9.17) is 14.2 Å². The van der Waals surface area contributed by atoms with Crippen LogP contribution in [0.4, 0.5) is 4.79 Å². The van der Waals surface area contributed by atoms with E-state index in [1.165, 1.54) is 7.11 Å². The summed E-state index contributed by atoms with van der Waals surface area (Å²) in [6, 6.07) is 18.1. The highest BCUT2D eigenvalue weighted by Gasteiger charge is 2.35. The first-order chi connectivity index (χ1) is 16.5. The highest BCUT2D eigenvalue weighted by atomic mass is 16.6. The fourth-order valence-electron chi connectivity index (χ4n) is 3.87. The lowest BCUT2D eigenvalue weighted by molar-refractivity contribution is -0.140. The van der Waals surface area contributed by atoms with Crippen molar-refractivity contribution in [3.05, 3.63) is 89.1 Å². The van der Waals surface area contributed by atoms with Crippen molar-refractivity contribution in [1.29, 1.82) is 0 Å². The van der Waals surface area contributed by atoms with E-state index in [1.807, 2.05) is 30.3 Å². The number of nitrogens with one attached hydrogen (secondary N) is 2. The Morgan fingerprint density at radius 2 is 1.65 bits per heavy atom. The van der Waals surface area contributed by atoms with Crippen molar-refractivity contribution in [3.63, 3.8) is 0 Å². The molecule has 0 spiro atoms. The Hall–Kier alpha value is -4.17. The minimum atomic E-state index is -0.909. The van der Waals surface area contributed by atoms with Crippen molar-refractivity contribution in [2.24, 2.45) is 0 Å². The normalized spacial score (nSPS) is 15.5. The maximum Gasteiger partial charge on any atom is 0.343 e. The third-order valence-electron chi connectivity index (χ3n) is 5.44. The lowest BCUT2D eigenvalue weighted by atomic mass is 9.90. The fourth-order valence-corrected chi connectivity index (χ4v) is 3.87. The van der Waals surface area contributed by atoms with Gasteiger partial charge < -0.3 is 24.8 Å². The van der Waals surface area contributed by atoms with E-state index in [0.29, 0.717) is 16.8 Å². The maximum absolute atomic E-state index is 13.0. The number of ether oxygens (including phenoxy) is 3. The fraction of sp³-hybridized carbons (Fsp3) is 0.192. The zero-order valence-corrected chi connectivity index (χ0v) is 18.8. The zero-order chi connectivity index (χ0) is 24.1. The third kappa shape index (κ3) is 4.77. The number of carbonyl (C=O) groups is 3. The number of urea groups is 1. The van der Waals surface area contributed by atoms with E-state index < -0.39 is 24.0 Å². The van der Waals surface area contributed by atoms with Crippen LogP contribution in [0, 0.1) is 0 Å². The highest BCUT2D eigenvalue weighted by molar-refractivity contribution is 5.99. The lowest BCUT2D eigenvalue weighted by Gasteiger charge is -2.30. The van der Waals surface area contributed by atoms with E-state index in [2.05, 4.69) is 10.6 Å². The number of benzene rings is 3. The summed E-state index contributed by atoms with van der Waals surface area (Å²) in [7, 11) is 1.51. The number of carbonyl (C=O) groups excluding carboxylic acids is 3. The molecule has 1 atom stereocenters. The van der Waals surface area contributed by atoms with Crippen LogP contribution < -0.4 is 15.4 Å². The second kappa shape index (κ2) is 10.2. The van der Waals surface area contributed by atoms with Gasteiger partial charge in [0.1, 0.15) is 12.4 Å². The maximum atomic E-state index is 13.0. The molecule has 0 saturated heterocycles. The summed E-state index contributed by atoms with van der Waals surface area (Å²) in [5.41, 5.74) is 1.42. The van der Waals surface area contributed by atoms with Crippen molar-refractivity contribution in [3.8, 4) is 5.75 Å². The van der Waals surface area contributed by atoms with Gasteiger partial charge in [-0.05, 0) is 35.9 Å². The topological polar surface area (TPSA) is 103 Å². The van der Waals surface area contributed by atoms with E-state index in [1.54, 1.807) is 43.3 Å². The summed E-state index contributed by atoms with van der Waals surface area (Å²) < 4.78 is 16.1. The van der Waals surface area contributed by atoms with Gasteiger partial charge in [-0.3, -0.25) is 0 Å². The first-order valence-corrected chi connectivity index (χ1v) is 10.7. The molecular formula is C26H24N2O6. The average molecular weight is 460 g/mol. The molecule has 0 aromatic heterocycles. The van der Waals surface area contributed by atoms with E-state index in [-0.39, 0.29) is 24.5 Å². The van der Waals surface area contributed by atoms with Crippen LogP contribution in [0.1, 0.15) is 28.9 Å². The van der Waals surface area contributed by atoms with Crippen LogP contribution in [0.2, 0.25) is 0 Å². The molecule has 2 amide bonds. The van der Waals surface area contributed by atoms with Gasteiger partial charge in [0.2, 0.25) is 0 Å². The van der Waals surface area contributed by atoms with Gasteiger partial charge in [0.05, 0.1) is 23.8 Å². The van der Waals surface area contributed by atoms with Gasteiger partial charge in [-0.2, -0.15) is 0 Å². The largest absolute Gasteiger partial charge is 0.460 e. The van der Waals surface area contributed by atoms with Crippen LogP contribution in [0.25, 0.3) is 10.8 Å². The molecule has 3 aromatic rings. The Kier molecular flexibility index (Phi) is 6.89. The third-order valence-corrected chi connectivity index (χ3v) is 5.44. The van der Waals surface area contributed by atoms with Crippen molar-refractivity contribution in [1.82, 2.24) is 10.6 Å². The Morgan fingerprint density at radius 3 is 2.41 bits per heavy atom. The van der Waals surface area contributed by atoms with Gasteiger partial charge in [-0.1, -0.05) is 48.5 Å². The number of fused-ring (bicyclic) bond motifs is 1. The Bertz CT molecular complexity index is 1270. The van der Waals surface area contributed by atoms with Crippen LogP contribution in [0.3, 0.4) is 0 Å². The summed E-state index contributed by atoms with van der Waals surface area (Å²) in [5.74, 6) is -0.933. The Balaban J connectivity index is 1.82. The average Bonchev–Trinajstić information content (AvgIpc) is 2.84. The van der Waals surface area contributed by atoms with Gasteiger partial charge >= 0.3 is 18.0 Å². The molecule has 8 heteroatoms. The van der Waals surface area contributed by atoms with Crippen molar-refractivity contribution in [2.45, 2.75) is 13.0 Å². The van der Waals surface area contributed by atoms with Gasteiger partial charge in [0, 0.05) is 18.4 Å². The molecule has 0 aliphatic carbocycles. The van der Waals surface area contributed by atoms with Crippen molar-refractivity contribution >= 4 is 28.7 Å². The minimum absolute atomic E-state index is 0.0537. The quantitative estimate of drug-likeness (QED) is 0.315. The van der Waals surface area contributed by atoms with E-state index >= 15 is 0 Å². The van der Waals surface area contributed by atoms with Crippen molar-refractivity contribution in [2.75, 3.05) is 20.3 Å². The van der Waals surface area contributed by atoms with Crippen LogP contribution in [0.15, 0.2) is 78.0 Å². The van der Waals surface area contributed by atoms with E-state index in [9.17, 15) is 14.4 Å². The molecular weight excluding hydrogens is 436 g/mol.